The van der Waals surface area contributed by atoms with E-state index in [4.69, 9.17) is 21.3 Å². The molecular weight excluding hydrogens is 304 g/mol. The van der Waals surface area contributed by atoms with Crippen LogP contribution >= 0.6 is 22.9 Å². The van der Waals surface area contributed by atoms with Crippen LogP contribution < -0.4 is 4.74 Å². The lowest BCUT2D eigenvalue weighted by Gasteiger charge is -2.18. The molecule has 0 radical (unpaired) electrons. The Kier molecular flexibility index (Phi) is 4.17. The monoisotopic (exact) mass is 320 g/mol. The Balaban J connectivity index is 2.25. The molecule has 3 rings (SSSR count). The molecule has 0 aliphatic rings. The van der Waals surface area contributed by atoms with E-state index in [2.05, 4.69) is 35.1 Å². The standard InChI is InChI=1S/C16H17ClN2OS/c1-3-11(14-8-5-9-21-14)19-12-6-4-7-13(20-2)16(12)18-15(19)10-17/h4-9,11H,3,10H2,1-2H3. The van der Waals surface area contributed by atoms with Gasteiger partial charge in [-0.2, -0.15) is 0 Å². The molecule has 0 N–H and O–H groups in total. The summed E-state index contributed by atoms with van der Waals surface area (Å²) in [7, 11) is 1.67. The highest BCUT2D eigenvalue weighted by Gasteiger charge is 2.21. The highest BCUT2D eigenvalue weighted by Crippen LogP contribution is 2.34. The predicted molar refractivity (Wildman–Crippen MR) is 88.6 cm³/mol. The number of aromatic nitrogens is 2. The molecule has 0 saturated carbocycles. The lowest BCUT2D eigenvalue weighted by atomic mass is 10.1. The van der Waals surface area contributed by atoms with E-state index in [-0.39, 0.29) is 6.04 Å². The summed E-state index contributed by atoms with van der Waals surface area (Å²) >= 11 is 7.91. The minimum atomic E-state index is 0.260. The normalized spacial score (nSPS) is 12.7. The predicted octanol–water partition coefficient (Wildman–Crippen LogP) is 4.84. The van der Waals surface area contributed by atoms with Crippen molar-refractivity contribution in [2.24, 2.45) is 0 Å². The number of nitrogens with zero attached hydrogens (tertiary/aromatic N) is 2. The number of hydrogen-bond donors (Lipinski definition) is 0. The van der Waals surface area contributed by atoms with Gasteiger partial charge in [-0.1, -0.05) is 19.1 Å². The first kappa shape index (κ1) is 14.4. The first-order chi connectivity index (χ1) is 10.3. The Labute approximate surface area is 133 Å². The third kappa shape index (κ3) is 2.43. The van der Waals surface area contributed by atoms with Crippen LogP contribution in [0.2, 0.25) is 0 Å². The van der Waals surface area contributed by atoms with E-state index in [1.807, 2.05) is 12.1 Å². The summed E-state index contributed by atoms with van der Waals surface area (Å²) in [4.78, 5) is 6.02. The second kappa shape index (κ2) is 6.08. The third-order valence-corrected chi connectivity index (χ3v) is 4.88. The molecule has 1 atom stereocenters. The van der Waals surface area contributed by atoms with E-state index >= 15 is 0 Å². The Bertz CT molecular complexity index is 736. The molecule has 2 aromatic heterocycles. The third-order valence-electron chi connectivity index (χ3n) is 3.67. The Morgan fingerprint density at radius 2 is 2.19 bits per heavy atom. The van der Waals surface area contributed by atoms with E-state index in [1.165, 1.54) is 4.88 Å². The smallest absolute Gasteiger partial charge is 0.146 e. The number of imidazole rings is 1. The van der Waals surface area contributed by atoms with Crippen LogP contribution in [0.4, 0.5) is 0 Å². The van der Waals surface area contributed by atoms with E-state index in [1.54, 1.807) is 18.4 Å². The van der Waals surface area contributed by atoms with Crippen LogP contribution in [0.3, 0.4) is 0 Å². The minimum Gasteiger partial charge on any atom is -0.494 e. The first-order valence-corrected chi connectivity index (χ1v) is 8.34. The van der Waals surface area contributed by atoms with Gasteiger partial charge in [-0.15, -0.1) is 22.9 Å². The molecule has 0 bridgehead atoms. The van der Waals surface area contributed by atoms with Gasteiger partial charge in [-0.25, -0.2) is 4.98 Å². The van der Waals surface area contributed by atoms with Crippen molar-refractivity contribution in [3.63, 3.8) is 0 Å². The topological polar surface area (TPSA) is 27.1 Å². The van der Waals surface area contributed by atoms with Gasteiger partial charge in [0.05, 0.1) is 24.5 Å². The zero-order valence-electron chi connectivity index (χ0n) is 12.0. The van der Waals surface area contributed by atoms with Crippen molar-refractivity contribution < 1.29 is 4.74 Å². The van der Waals surface area contributed by atoms with Gasteiger partial charge in [-0.3, -0.25) is 0 Å². The molecular formula is C16H17ClN2OS. The maximum absolute atomic E-state index is 6.14. The van der Waals surface area contributed by atoms with Crippen LogP contribution in [-0.2, 0) is 5.88 Å². The largest absolute Gasteiger partial charge is 0.494 e. The SMILES string of the molecule is CCC(c1cccs1)n1c(CCl)nc2c(OC)cccc21. The quantitative estimate of drug-likeness (QED) is 0.629. The van der Waals surface area contributed by atoms with Gasteiger partial charge in [0, 0.05) is 4.88 Å². The highest BCUT2D eigenvalue weighted by atomic mass is 35.5. The number of methoxy groups -OCH3 is 1. The molecule has 1 aromatic carbocycles. The average Bonchev–Trinajstić information content (AvgIpc) is 3.16. The van der Waals surface area contributed by atoms with E-state index < -0.39 is 0 Å². The summed E-state index contributed by atoms with van der Waals surface area (Å²) in [5, 5.41) is 2.11. The summed E-state index contributed by atoms with van der Waals surface area (Å²) in [6, 6.07) is 10.5. The lowest BCUT2D eigenvalue weighted by Crippen LogP contribution is -2.11. The Morgan fingerprint density at radius 3 is 2.81 bits per heavy atom. The number of halogens is 1. The molecule has 110 valence electrons. The van der Waals surface area contributed by atoms with E-state index in [0.717, 1.165) is 29.0 Å². The molecule has 0 saturated heterocycles. The highest BCUT2D eigenvalue weighted by molar-refractivity contribution is 7.10. The van der Waals surface area contributed by atoms with Crippen molar-refractivity contribution in [3.8, 4) is 5.75 Å². The number of benzene rings is 1. The minimum absolute atomic E-state index is 0.260. The van der Waals surface area contributed by atoms with Gasteiger partial charge < -0.3 is 9.30 Å². The molecule has 1 unspecified atom stereocenters. The zero-order chi connectivity index (χ0) is 14.8. The van der Waals surface area contributed by atoms with E-state index in [9.17, 15) is 0 Å². The number of alkyl halides is 1. The molecule has 0 fully saturated rings. The van der Waals surface area contributed by atoms with Crippen molar-refractivity contribution in [3.05, 3.63) is 46.4 Å². The van der Waals surface area contributed by atoms with Crippen molar-refractivity contribution in [2.75, 3.05) is 7.11 Å². The fourth-order valence-electron chi connectivity index (χ4n) is 2.74. The van der Waals surface area contributed by atoms with Gasteiger partial charge in [0.2, 0.25) is 0 Å². The van der Waals surface area contributed by atoms with Crippen LogP contribution in [0.25, 0.3) is 11.0 Å². The van der Waals surface area contributed by atoms with Crippen LogP contribution in [0.15, 0.2) is 35.7 Å². The first-order valence-electron chi connectivity index (χ1n) is 6.93. The molecule has 21 heavy (non-hydrogen) atoms. The summed E-state index contributed by atoms with van der Waals surface area (Å²) in [6.45, 7) is 2.19. The van der Waals surface area contributed by atoms with Gasteiger partial charge in [0.15, 0.2) is 0 Å². The van der Waals surface area contributed by atoms with Crippen molar-refractivity contribution >= 4 is 34.0 Å². The van der Waals surface area contributed by atoms with Crippen molar-refractivity contribution in [1.82, 2.24) is 9.55 Å². The Hall–Kier alpha value is -1.52. The maximum Gasteiger partial charge on any atom is 0.146 e. The van der Waals surface area contributed by atoms with Crippen LogP contribution in [0.1, 0.15) is 30.1 Å². The summed E-state index contributed by atoms with van der Waals surface area (Å²) < 4.78 is 7.67. The summed E-state index contributed by atoms with van der Waals surface area (Å²) in [5.41, 5.74) is 1.95. The van der Waals surface area contributed by atoms with Gasteiger partial charge >= 0.3 is 0 Å². The molecule has 0 amide bonds. The molecule has 5 heteroatoms. The van der Waals surface area contributed by atoms with Crippen LogP contribution in [0, 0.1) is 0 Å². The average molecular weight is 321 g/mol. The fourth-order valence-corrected chi connectivity index (χ4v) is 3.83. The second-order valence-corrected chi connectivity index (χ2v) is 6.05. The number of ether oxygens (including phenoxy) is 1. The molecule has 0 aliphatic carbocycles. The van der Waals surface area contributed by atoms with Crippen LogP contribution in [-0.4, -0.2) is 16.7 Å². The molecule has 0 aliphatic heterocycles. The maximum atomic E-state index is 6.14. The Morgan fingerprint density at radius 1 is 1.33 bits per heavy atom. The van der Waals surface area contributed by atoms with Crippen molar-refractivity contribution in [1.29, 1.82) is 0 Å². The van der Waals surface area contributed by atoms with Gasteiger partial charge in [0.1, 0.15) is 17.1 Å². The number of fused-ring (bicyclic) bond motifs is 1. The number of thiophene rings is 1. The molecule has 2 heterocycles. The number of para-hydroxylation sites is 1. The second-order valence-electron chi connectivity index (χ2n) is 4.80. The molecule has 3 nitrogen and oxygen atoms in total. The molecule has 3 aromatic rings. The van der Waals surface area contributed by atoms with Crippen molar-refractivity contribution in [2.45, 2.75) is 25.3 Å². The zero-order valence-corrected chi connectivity index (χ0v) is 13.6. The number of rotatable bonds is 5. The fraction of sp³-hybridized carbons (Fsp3) is 0.312. The molecule has 0 spiro atoms. The lowest BCUT2D eigenvalue weighted by molar-refractivity contribution is 0.419. The summed E-state index contributed by atoms with van der Waals surface area (Å²) in [5.74, 6) is 2.06. The number of hydrogen-bond acceptors (Lipinski definition) is 3. The van der Waals surface area contributed by atoms with E-state index in [0.29, 0.717) is 5.88 Å². The van der Waals surface area contributed by atoms with Gasteiger partial charge in [0.25, 0.3) is 0 Å². The van der Waals surface area contributed by atoms with Gasteiger partial charge in [-0.05, 0) is 30.0 Å². The summed E-state index contributed by atoms with van der Waals surface area (Å²) in [6.07, 6.45) is 0.993. The van der Waals surface area contributed by atoms with Crippen LogP contribution in [0.5, 0.6) is 5.75 Å².